The molecule has 2 aromatic heterocycles. The Morgan fingerprint density at radius 2 is 2.13 bits per heavy atom. The number of nitrogens with two attached hydrogens (primary N) is 1. The molecule has 11 heteroatoms. The summed E-state index contributed by atoms with van der Waals surface area (Å²) < 4.78 is 41.8. The second kappa shape index (κ2) is 7.42. The minimum atomic E-state index is -2.55. The molecule has 2 aliphatic rings. The molecule has 1 spiro atoms. The number of thioether (sulfide) groups is 1. The molecule has 1 aliphatic heterocycles. The van der Waals surface area contributed by atoms with Gasteiger partial charge in [0.05, 0.1) is 22.4 Å². The maximum Gasteiger partial charge on any atom is 0.274 e. The van der Waals surface area contributed by atoms with Gasteiger partial charge in [-0.1, -0.05) is 23.4 Å². The van der Waals surface area contributed by atoms with Crippen molar-refractivity contribution in [3.63, 3.8) is 0 Å². The number of amides is 1. The Morgan fingerprint density at radius 3 is 2.77 bits per heavy atom. The summed E-state index contributed by atoms with van der Waals surface area (Å²) in [6.07, 6.45) is 0.125. The molecule has 3 heterocycles. The number of pyridine rings is 2. The van der Waals surface area contributed by atoms with Crippen LogP contribution >= 0.6 is 23.4 Å². The van der Waals surface area contributed by atoms with Gasteiger partial charge in [0.25, 0.3) is 5.91 Å². The minimum Gasteiger partial charge on any atom is -0.379 e. The first kappa shape index (κ1) is 20.9. The molecule has 3 atom stereocenters. The van der Waals surface area contributed by atoms with Crippen LogP contribution in [0, 0.1) is 17.3 Å². The highest BCUT2D eigenvalue weighted by atomic mass is 35.5. The molecule has 1 amide bonds. The van der Waals surface area contributed by atoms with E-state index in [2.05, 4.69) is 20.3 Å². The SMILES string of the molecule is C[C@]1(c2cc(NC(=O)c3ccc(Cl)cn3)cnc2F)N=C(N)SCC12C[C@H]2C(F)F. The van der Waals surface area contributed by atoms with Gasteiger partial charge < -0.3 is 11.1 Å². The van der Waals surface area contributed by atoms with Gasteiger partial charge in [0.15, 0.2) is 5.17 Å². The highest BCUT2D eigenvalue weighted by molar-refractivity contribution is 8.13. The van der Waals surface area contributed by atoms with Crippen LogP contribution in [0.25, 0.3) is 0 Å². The van der Waals surface area contributed by atoms with Crippen LogP contribution in [-0.4, -0.2) is 33.2 Å². The molecule has 1 aliphatic carbocycles. The fourth-order valence-electron chi connectivity index (χ4n) is 3.99. The normalized spacial score (nSPS) is 27.8. The van der Waals surface area contributed by atoms with Gasteiger partial charge in [-0.25, -0.2) is 18.7 Å². The zero-order chi connectivity index (χ0) is 21.7. The third-order valence-corrected chi connectivity index (χ3v) is 7.07. The van der Waals surface area contributed by atoms with E-state index in [0.717, 1.165) is 6.20 Å². The second-order valence-electron chi connectivity index (χ2n) is 7.49. The van der Waals surface area contributed by atoms with Gasteiger partial charge >= 0.3 is 0 Å². The summed E-state index contributed by atoms with van der Waals surface area (Å²) in [5, 5.41) is 3.16. The highest BCUT2D eigenvalue weighted by Gasteiger charge is 2.70. The number of nitrogens with zero attached hydrogens (tertiary/aromatic N) is 3. The van der Waals surface area contributed by atoms with Crippen LogP contribution in [0.15, 0.2) is 35.6 Å². The molecule has 158 valence electrons. The number of amidine groups is 1. The van der Waals surface area contributed by atoms with E-state index < -0.39 is 35.2 Å². The lowest BCUT2D eigenvalue weighted by molar-refractivity contribution is 0.0895. The number of carbonyl (C=O) groups excluding carboxylic acids is 1. The average molecular weight is 456 g/mol. The fourth-order valence-corrected chi connectivity index (χ4v) is 5.37. The number of rotatable bonds is 4. The number of alkyl halides is 2. The first-order valence-electron chi connectivity index (χ1n) is 9.01. The number of aliphatic imine (C=N–C) groups is 1. The number of hydrogen-bond donors (Lipinski definition) is 2. The molecule has 6 nitrogen and oxygen atoms in total. The summed E-state index contributed by atoms with van der Waals surface area (Å²) in [6.45, 7) is 1.59. The first-order chi connectivity index (χ1) is 14.2. The topological polar surface area (TPSA) is 93.3 Å². The second-order valence-corrected chi connectivity index (χ2v) is 8.92. The average Bonchev–Trinajstić information content (AvgIpc) is 3.44. The number of halogens is 4. The largest absolute Gasteiger partial charge is 0.379 e. The van der Waals surface area contributed by atoms with Crippen LogP contribution < -0.4 is 11.1 Å². The highest BCUT2D eigenvalue weighted by Crippen LogP contribution is 2.69. The van der Waals surface area contributed by atoms with Gasteiger partial charge in [0.2, 0.25) is 12.4 Å². The number of nitrogens with one attached hydrogen (secondary N) is 1. The zero-order valence-corrected chi connectivity index (χ0v) is 17.3. The summed E-state index contributed by atoms with van der Waals surface area (Å²) in [6, 6.07) is 4.31. The third kappa shape index (κ3) is 3.41. The molecular formula is C19H17ClF3N5OS. The van der Waals surface area contributed by atoms with Crippen molar-refractivity contribution in [2.45, 2.75) is 25.3 Å². The van der Waals surface area contributed by atoms with Crippen LogP contribution in [0.3, 0.4) is 0 Å². The molecule has 0 aromatic carbocycles. The van der Waals surface area contributed by atoms with Crippen molar-refractivity contribution in [2.24, 2.45) is 22.1 Å². The predicted octanol–water partition coefficient (Wildman–Crippen LogP) is 4.07. The van der Waals surface area contributed by atoms with E-state index in [1.165, 1.54) is 36.2 Å². The van der Waals surface area contributed by atoms with Crippen molar-refractivity contribution < 1.29 is 18.0 Å². The van der Waals surface area contributed by atoms with Crippen LogP contribution in [-0.2, 0) is 5.54 Å². The number of anilines is 1. The van der Waals surface area contributed by atoms with Crippen LogP contribution in [0.5, 0.6) is 0 Å². The van der Waals surface area contributed by atoms with Gasteiger partial charge in [-0.3, -0.25) is 9.79 Å². The lowest BCUT2D eigenvalue weighted by Gasteiger charge is -2.39. The zero-order valence-electron chi connectivity index (χ0n) is 15.7. The monoisotopic (exact) mass is 455 g/mol. The molecule has 0 radical (unpaired) electrons. The molecule has 4 rings (SSSR count). The van der Waals surface area contributed by atoms with E-state index in [9.17, 15) is 18.0 Å². The summed E-state index contributed by atoms with van der Waals surface area (Å²) >= 11 is 6.96. The summed E-state index contributed by atoms with van der Waals surface area (Å²) in [4.78, 5) is 24.5. The van der Waals surface area contributed by atoms with E-state index in [1.54, 1.807) is 6.92 Å². The van der Waals surface area contributed by atoms with Crippen molar-refractivity contribution in [2.75, 3.05) is 11.1 Å². The molecular weight excluding hydrogens is 439 g/mol. The quantitative estimate of drug-likeness (QED) is 0.678. The van der Waals surface area contributed by atoms with Crippen LogP contribution in [0.2, 0.25) is 5.02 Å². The van der Waals surface area contributed by atoms with E-state index in [-0.39, 0.29) is 28.5 Å². The smallest absolute Gasteiger partial charge is 0.274 e. The standard InChI is InChI=1S/C19H17ClF3N5OS/c1-18(19(5-12(19)14(21)22)8-30-17(24)28-18)11-4-10(7-26-15(11)23)27-16(29)13-3-2-9(20)6-25-13/h2-4,6-7,12,14H,5,8H2,1H3,(H2,24,28)(H,27,29)/t12-,18+,19?/m0/s1. The lowest BCUT2D eigenvalue weighted by Crippen LogP contribution is -2.42. The van der Waals surface area contributed by atoms with Crippen molar-refractivity contribution >= 4 is 40.1 Å². The molecule has 1 saturated carbocycles. The van der Waals surface area contributed by atoms with Crippen LogP contribution in [0.1, 0.15) is 29.4 Å². The van der Waals surface area contributed by atoms with E-state index in [4.69, 9.17) is 17.3 Å². The lowest BCUT2D eigenvalue weighted by atomic mass is 9.76. The van der Waals surface area contributed by atoms with E-state index in [0.29, 0.717) is 10.8 Å². The maximum atomic E-state index is 14.8. The van der Waals surface area contributed by atoms with E-state index in [1.807, 2.05) is 0 Å². The molecule has 1 fully saturated rings. The summed E-state index contributed by atoms with van der Waals surface area (Å²) in [7, 11) is 0. The molecule has 1 unspecified atom stereocenters. The molecule has 0 saturated heterocycles. The third-order valence-electron chi connectivity index (χ3n) is 5.80. The fraction of sp³-hybridized carbons (Fsp3) is 0.368. The van der Waals surface area contributed by atoms with Gasteiger partial charge in [-0.15, -0.1) is 0 Å². The molecule has 30 heavy (non-hydrogen) atoms. The van der Waals surface area contributed by atoms with Crippen molar-refractivity contribution in [3.8, 4) is 0 Å². The van der Waals surface area contributed by atoms with Crippen molar-refractivity contribution in [3.05, 3.63) is 52.8 Å². The summed E-state index contributed by atoms with van der Waals surface area (Å²) in [5.41, 5.74) is 3.90. The maximum absolute atomic E-state index is 14.8. The van der Waals surface area contributed by atoms with E-state index >= 15 is 0 Å². The Morgan fingerprint density at radius 1 is 1.37 bits per heavy atom. The Balaban J connectivity index is 1.69. The molecule has 2 aromatic rings. The number of aromatic nitrogens is 2. The van der Waals surface area contributed by atoms with Crippen molar-refractivity contribution in [1.82, 2.24) is 9.97 Å². The Hall–Kier alpha value is -2.33. The van der Waals surface area contributed by atoms with Gasteiger partial charge in [-0.2, -0.15) is 4.39 Å². The van der Waals surface area contributed by atoms with Gasteiger partial charge in [-0.05, 0) is 31.5 Å². The Labute approximate surface area is 179 Å². The first-order valence-corrected chi connectivity index (χ1v) is 10.4. The Kier molecular flexibility index (Phi) is 5.17. The van der Waals surface area contributed by atoms with Crippen molar-refractivity contribution in [1.29, 1.82) is 0 Å². The minimum absolute atomic E-state index is 0.00997. The predicted molar refractivity (Wildman–Crippen MR) is 109 cm³/mol. The number of hydrogen-bond acceptors (Lipinski definition) is 6. The number of carbonyl (C=O) groups is 1. The van der Waals surface area contributed by atoms with Gasteiger partial charge in [0, 0.05) is 28.8 Å². The summed E-state index contributed by atoms with van der Waals surface area (Å²) in [5.74, 6) is -2.01. The molecule has 3 N–H and O–H groups in total. The molecule has 0 bridgehead atoms. The van der Waals surface area contributed by atoms with Crippen LogP contribution in [0.4, 0.5) is 18.9 Å². The Bertz CT molecular complexity index is 1040. The van der Waals surface area contributed by atoms with Gasteiger partial charge in [0.1, 0.15) is 5.69 Å².